The molecule has 1 saturated heterocycles. The van der Waals surface area contributed by atoms with E-state index >= 15 is 0 Å². The number of carbonyl (C=O) groups is 1. The largest absolute Gasteiger partial charge is 0.450 e. The van der Waals surface area contributed by atoms with Gasteiger partial charge >= 0.3 is 6.09 Å². The number of allylic oxidation sites excluding steroid dienone is 1. The van der Waals surface area contributed by atoms with Crippen molar-refractivity contribution >= 4 is 14.2 Å². The van der Waals surface area contributed by atoms with Crippen LogP contribution in [0.3, 0.4) is 0 Å². The van der Waals surface area contributed by atoms with Crippen molar-refractivity contribution in [3.8, 4) is 11.8 Å². The molecule has 1 fully saturated rings. The highest BCUT2D eigenvalue weighted by Gasteiger charge is 2.30. The van der Waals surface area contributed by atoms with E-state index in [9.17, 15) is 4.79 Å². The fourth-order valence-electron chi connectivity index (χ4n) is 1.82. The van der Waals surface area contributed by atoms with Gasteiger partial charge in [-0.15, -0.1) is 0 Å². The first-order chi connectivity index (χ1) is 8.31. The average Bonchev–Trinajstić information content (AvgIpc) is 2.12. The summed E-state index contributed by atoms with van der Waals surface area (Å²) in [5.74, 6) is 6.62. The van der Waals surface area contributed by atoms with Crippen molar-refractivity contribution in [2.24, 2.45) is 5.92 Å². The SMILES string of the molecule is C=C(C#CC1CN(C(=O)OCC)C1)C[Si](C)(C)C. The van der Waals surface area contributed by atoms with Gasteiger partial charge in [0.05, 0.1) is 12.5 Å². The van der Waals surface area contributed by atoms with Crippen LogP contribution in [0.1, 0.15) is 6.92 Å². The predicted molar refractivity (Wildman–Crippen MR) is 77.2 cm³/mol. The fourth-order valence-corrected chi connectivity index (χ4v) is 3.19. The van der Waals surface area contributed by atoms with Gasteiger partial charge in [0, 0.05) is 21.2 Å². The maximum absolute atomic E-state index is 11.3. The molecule has 0 aliphatic carbocycles. The summed E-state index contributed by atoms with van der Waals surface area (Å²) in [6.45, 7) is 14.6. The first kappa shape index (κ1) is 14.8. The Balaban J connectivity index is 2.32. The van der Waals surface area contributed by atoms with Crippen LogP contribution in [-0.4, -0.2) is 38.8 Å². The lowest BCUT2D eigenvalue weighted by molar-refractivity contribution is 0.0709. The van der Waals surface area contributed by atoms with E-state index in [1.807, 2.05) is 6.92 Å². The lowest BCUT2D eigenvalue weighted by Crippen LogP contribution is -2.49. The van der Waals surface area contributed by atoms with Crippen molar-refractivity contribution in [1.29, 1.82) is 0 Å². The van der Waals surface area contributed by atoms with Gasteiger partial charge in [-0.1, -0.05) is 38.1 Å². The number of ether oxygens (including phenoxy) is 1. The van der Waals surface area contributed by atoms with E-state index in [1.54, 1.807) is 4.90 Å². The van der Waals surface area contributed by atoms with Gasteiger partial charge in [-0.2, -0.15) is 0 Å². The molecular formula is C14H23NO2Si. The minimum atomic E-state index is -1.11. The quantitative estimate of drug-likeness (QED) is 0.580. The maximum Gasteiger partial charge on any atom is 0.409 e. The lowest BCUT2D eigenvalue weighted by atomic mass is 10.0. The van der Waals surface area contributed by atoms with Crippen molar-refractivity contribution in [1.82, 2.24) is 4.90 Å². The molecule has 0 saturated carbocycles. The molecule has 0 atom stereocenters. The summed E-state index contributed by atoms with van der Waals surface area (Å²) >= 11 is 0. The second-order valence-corrected chi connectivity index (χ2v) is 11.4. The summed E-state index contributed by atoms with van der Waals surface area (Å²) in [7, 11) is -1.11. The van der Waals surface area contributed by atoms with Crippen molar-refractivity contribution in [3.63, 3.8) is 0 Å². The Bertz CT molecular complexity index is 381. The van der Waals surface area contributed by atoms with Crippen molar-refractivity contribution in [2.75, 3.05) is 19.7 Å². The number of likely N-dealkylation sites (tertiary alicyclic amines) is 1. The minimum Gasteiger partial charge on any atom is -0.450 e. The van der Waals surface area contributed by atoms with E-state index in [-0.39, 0.29) is 12.0 Å². The zero-order chi connectivity index (χ0) is 13.8. The van der Waals surface area contributed by atoms with Gasteiger partial charge in [0.1, 0.15) is 0 Å². The molecule has 0 N–H and O–H groups in total. The van der Waals surface area contributed by atoms with E-state index in [1.165, 1.54) is 0 Å². The second kappa shape index (κ2) is 6.10. The van der Waals surface area contributed by atoms with Crippen LogP contribution in [0.15, 0.2) is 12.2 Å². The normalized spacial score (nSPS) is 15.4. The number of rotatable bonds is 3. The van der Waals surface area contributed by atoms with Gasteiger partial charge in [-0.3, -0.25) is 0 Å². The summed E-state index contributed by atoms with van der Waals surface area (Å²) in [4.78, 5) is 13.0. The zero-order valence-electron chi connectivity index (χ0n) is 11.9. The molecule has 1 heterocycles. The number of amides is 1. The highest BCUT2D eigenvalue weighted by Crippen LogP contribution is 2.17. The highest BCUT2D eigenvalue weighted by molar-refractivity contribution is 6.76. The molecule has 1 aliphatic heterocycles. The molecule has 1 amide bonds. The number of hydrogen-bond donors (Lipinski definition) is 0. The van der Waals surface area contributed by atoms with Crippen LogP contribution in [-0.2, 0) is 4.74 Å². The fraction of sp³-hybridized carbons (Fsp3) is 0.643. The van der Waals surface area contributed by atoms with Crippen LogP contribution in [0.25, 0.3) is 0 Å². The van der Waals surface area contributed by atoms with Crippen molar-refractivity contribution < 1.29 is 9.53 Å². The van der Waals surface area contributed by atoms with Gasteiger partial charge in [0.15, 0.2) is 0 Å². The van der Waals surface area contributed by atoms with Crippen molar-refractivity contribution in [3.05, 3.63) is 12.2 Å². The van der Waals surface area contributed by atoms with Crippen molar-refractivity contribution in [2.45, 2.75) is 32.6 Å². The number of nitrogens with zero attached hydrogens (tertiary/aromatic N) is 1. The number of hydrogen-bond acceptors (Lipinski definition) is 2. The third kappa shape index (κ3) is 4.97. The van der Waals surface area contributed by atoms with Gasteiger partial charge in [0.2, 0.25) is 0 Å². The van der Waals surface area contributed by atoms with Crippen LogP contribution in [0.4, 0.5) is 4.79 Å². The predicted octanol–water partition coefficient (Wildman–Crippen LogP) is 2.97. The summed E-state index contributed by atoms with van der Waals surface area (Å²) in [5.41, 5.74) is 1.03. The third-order valence-corrected chi connectivity index (χ3v) is 4.09. The van der Waals surface area contributed by atoms with Crippen LogP contribution in [0.5, 0.6) is 0 Å². The lowest BCUT2D eigenvalue weighted by Gasteiger charge is -2.35. The Hall–Kier alpha value is -1.21. The molecular weight excluding hydrogens is 242 g/mol. The summed E-state index contributed by atoms with van der Waals surface area (Å²) in [6, 6.07) is 1.05. The Labute approximate surface area is 111 Å². The van der Waals surface area contributed by atoms with Crippen LogP contribution in [0.2, 0.25) is 25.7 Å². The van der Waals surface area contributed by atoms with E-state index < -0.39 is 8.07 Å². The standard InChI is InChI=1S/C14H23NO2Si/c1-6-17-14(16)15-9-13(10-15)8-7-12(2)11-18(3,4)5/h13H,2,6,9-11H2,1,3-5H3. The van der Waals surface area contributed by atoms with Gasteiger partial charge < -0.3 is 9.64 Å². The average molecular weight is 265 g/mol. The molecule has 0 aromatic heterocycles. The molecule has 100 valence electrons. The molecule has 0 radical (unpaired) electrons. The van der Waals surface area contributed by atoms with Crippen LogP contribution in [0, 0.1) is 17.8 Å². The smallest absolute Gasteiger partial charge is 0.409 e. The van der Waals surface area contributed by atoms with Crippen LogP contribution >= 0.6 is 0 Å². The third-order valence-electron chi connectivity index (χ3n) is 2.60. The summed E-state index contributed by atoms with van der Waals surface area (Å²) in [6.07, 6.45) is -0.225. The molecule has 1 aliphatic rings. The minimum absolute atomic E-state index is 0.225. The van der Waals surface area contributed by atoms with E-state index in [0.717, 1.165) is 11.6 Å². The molecule has 0 spiro atoms. The van der Waals surface area contributed by atoms with E-state index in [4.69, 9.17) is 4.74 Å². The molecule has 0 aromatic rings. The first-order valence-corrected chi connectivity index (χ1v) is 10.1. The Kier molecular flexibility index (Phi) is 5.03. The molecule has 4 heteroatoms. The zero-order valence-corrected chi connectivity index (χ0v) is 12.9. The first-order valence-electron chi connectivity index (χ1n) is 6.43. The van der Waals surface area contributed by atoms with E-state index in [0.29, 0.717) is 19.7 Å². The van der Waals surface area contributed by atoms with Gasteiger partial charge in [0.25, 0.3) is 0 Å². The van der Waals surface area contributed by atoms with Crippen LogP contribution < -0.4 is 0 Å². The summed E-state index contributed by atoms with van der Waals surface area (Å²) < 4.78 is 4.91. The molecule has 0 bridgehead atoms. The molecule has 3 nitrogen and oxygen atoms in total. The summed E-state index contributed by atoms with van der Waals surface area (Å²) in [5, 5.41) is 0. The topological polar surface area (TPSA) is 29.5 Å². The Morgan fingerprint density at radius 2 is 2.06 bits per heavy atom. The molecule has 1 rings (SSSR count). The molecule has 18 heavy (non-hydrogen) atoms. The highest BCUT2D eigenvalue weighted by atomic mass is 28.3. The maximum atomic E-state index is 11.3. The van der Waals surface area contributed by atoms with E-state index in [2.05, 4.69) is 38.1 Å². The monoisotopic (exact) mass is 265 g/mol. The second-order valence-electron chi connectivity index (χ2n) is 5.91. The Morgan fingerprint density at radius 3 is 2.56 bits per heavy atom. The van der Waals surface area contributed by atoms with Gasteiger partial charge in [-0.25, -0.2) is 4.79 Å². The van der Waals surface area contributed by atoms with Gasteiger partial charge in [-0.05, 0) is 18.5 Å². The Morgan fingerprint density at radius 1 is 1.44 bits per heavy atom. The number of carbonyl (C=O) groups excluding carboxylic acids is 1. The molecule has 0 unspecified atom stereocenters. The molecule has 0 aromatic carbocycles.